The monoisotopic (exact) mass is 373 g/mol. The number of anilines is 1. The number of rotatable bonds is 7. The molecule has 0 aliphatic rings. The maximum absolute atomic E-state index is 12.7. The van der Waals surface area contributed by atoms with Crippen molar-refractivity contribution in [1.29, 1.82) is 0 Å². The molecule has 3 aromatic rings. The number of nitrogens with zero attached hydrogens (tertiary/aromatic N) is 2. The van der Waals surface area contributed by atoms with Crippen LogP contribution in [0.2, 0.25) is 0 Å². The van der Waals surface area contributed by atoms with Gasteiger partial charge in [-0.2, -0.15) is 0 Å². The summed E-state index contributed by atoms with van der Waals surface area (Å²) in [5.74, 6) is 0.789. The van der Waals surface area contributed by atoms with Crippen LogP contribution in [0.25, 0.3) is 11.0 Å². The molecule has 0 spiro atoms. The number of fused-ring (bicyclic) bond motifs is 1. The highest BCUT2D eigenvalue weighted by atomic mass is 32.2. The van der Waals surface area contributed by atoms with Crippen molar-refractivity contribution >= 4 is 26.9 Å². The van der Waals surface area contributed by atoms with Gasteiger partial charge in [-0.1, -0.05) is 19.1 Å². The van der Waals surface area contributed by atoms with Crippen LogP contribution in [0.15, 0.2) is 53.4 Å². The molecule has 136 valence electrons. The molecule has 0 saturated carbocycles. The van der Waals surface area contributed by atoms with E-state index in [9.17, 15) is 8.42 Å². The molecule has 7 nitrogen and oxygen atoms in total. The first-order chi connectivity index (χ1) is 12.5. The normalized spacial score (nSPS) is 11.3. The number of sulfonamides is 1. The minimum atomic E-state index is -3.84. The Labute approximate surface area is 152 Å². The van der Waals surface area contributed by atoms with Gasteiger partial charge in [0.05, 0.1) is 29.6 Å². The summed E-state index contributed by atoms with van der Waals surface area (Å²) < 4.78 is 38.5. The number of nitrogens with one attached hydrogen (secondary N) is 1. The molecule has 0 saturated heterocycles. The lowest BCUT2D eigenvalue weighted by Crippen LogP contribution is -2.16. The van der Waals surface area contributed by atoms with E-state index in [0.717, 1.165) is 6.42 Å². The molecule has 1 N–H and O–H groups in total. The van der Waals surface area contributed by atoms with Crippen molar-refractivity contribution in [3.05, 3.63) is 48.5 Å². The van der Waals surface area contributed by atoms with Crippen molar-refractivity contribution in [3.8, 4) is 11.6 Å². The average Bonchev–Trinajstić information content (AvgIpc) is 2.66. The first-order valence-corrected chi connectivity index (χ1v) is 9.58. The molecule has 0 unspecified atom stereocenters. The molecule has 0 bridgehead atoms. The largest absolute Gasteiger partial charge is 0.497 e. The maximum atomic E-state index is 12.7. The third-order valence-corrected chi connectivity index (χ3v) is 4.94. The van der Waals surface area contributed by atoms with Crippen LogP contribution in [0.1, 0.15) is 13.3 Å². The van der Waals surface area contributed by atoms with E-state index >= 15 is 0 Å². The Balaban J connectivity index is 1.99. The summed E-state index contributed by atoms with van der Waals surface area (Å²) in [6, 6.07) is 13.3. The fourth-order valence-corrected chi connectivity index (χ4v) is 3.29. The molecule has 0 radical (unpaired) electrons. The maximum Gasteiger partial charge on any atom is 0.263 e. The fraction of sp³-hybridized carbons (Fsp3) is 0.222. The van der Waals surface area contributed by atoms with Gasteiger partial charge in [-0.3, -0.25) is 4.72 Å². The van der Waals surface area contributed by atoms with Crippen LogP contribution in [0, 0.1) is 0 Å². The molecule has 8 heteroatoms. The van der Waals surface area contributed by atoms with E-state index in [1.54, 1.807) is 24.3 Å². The van der Waals surface area contributed by atoms with Gasteiger partial charge in [-0.25, -0.2) is 18.4 Å². The lowest BCUT2D eigenvalue weighted by atomic mass is 10.3. The van der Waals surface area contributed by atoms with Crippen molar-refractivity contribution in [2.24, 2.45) is 0 Å². The quantitative estimate of drug-likeness (QED) is 0.684. The average molecular weight is 373 g/mol. The van der Waals surface area contributed by atoms with Gasteiger partial charge in [0, 0.05) is 0 Å². The minimum absolute atomic E-state index is 0.0629. The van der Waals surface area contributed by atoms with Crippen LogP contribution < -0.4 is 14.2 Å². The number of para-hydroxylation sites is 2. The van der Waals surface area contributed by atoms with Crippen molar-refractivity contribution in [1.82, 2.24) is 9.97 Å². The molecule has 2 aromatic carbocycles. The molecule has 0 amide bonds. The Morgan fingerprint density at radius 3 is 2.27 bits per heavy atom. The Morgan fingerprint density at radius 2 is 1.65 bits per heavy atom. The smallest absolute Gasteiger partial charge is 0.263 e. The van der Waals surface area contributed by atoms with Gasteiger partial charge in [-0.05, 0) is 42.8 Å². The summed E-state index contributed by atoms with van der Waals surface area (Å²) in [5.41, 5.74) is 1.20. The molecular formula is C18H19N3O4S. The highest BCUT2D eigenvalue weighted by Gasteiger charge is 2.19. The Hall–Kier alpha value is -2.87. The Kier molecular flexibility index (Phi) is 5.22. The van der Waals surface area contributed by atoms with Crippen LogP contribution in [-0.2, 0) is 10.0 Å². The zero-order valence-corrected chi connectivity index (χ0v) is 15.3. The molecule has 1 heterocycles. The molecular weight excluding hydrogens is 354 g/mol. The zero-order valence-electron chi connectivity index (χ0n) is 14.5. The van der Waals surface area contributed by atoms with E-state index in [2.05, 4.69) is 14.7 Å². The van der Waals surface area contributed by atoms with Crippen LogP contribution in [0.3, 0.4) is 0 Å². The summed E-state index contributed by atoms with van der Waals surface area (Å²) in [4.78, 5) is 8.85. The second-order valence-corrected chi connectivity index (χ2v) is 7.18. The number of methoxy groups -OCH3 is 1. The first-order valence-electron chi connectivity index (χ1n) is 8.10. The van der Waals surface area contributed by atoms with Gasteiger partial charge in [0.15, 0.2) is 0 Å². The number of hydrogen-bond acceptors (Lipinski definition) is 6. The molecule has 0 aliphatic heterocycles. The summed E-state index contributed by atoms with van der Waals surface area (Å²) in [6.07, 6.45) is 0.763. The predicted molar refractivity (Wildman–Crippen MR) is 99.1 cm³/mol. The zero-order chi connectivity index (χ0) is 18.6. The third-order valence-electron chi connectivity index (χ3n) is 3.58. The number of ether oxygens (including phenoxy) is 2. The van der Waals surface area contributed by atoms with Gasteiger partial charge in [0.2, 0.25) is 5.82 Å². The van der Waals surface area contributed by atoms with Gasteiger partial charge in [0.1, 0.15) is 5.75 Å². The lowest BCUT2D eigenvalue weighted by Gasteiger charge is -2.13. The second-order valence-electron chi connectivity index (χ2n) is 5.50. The summed E-state index contributed by atoms with van der Waals surface area (Å²) >= 11 is 0. The number of aromatic nitrogens is 2. The predicted octanol–water partition coefficient (Wildman–Crippen LogP) is 3.23. The van der Waals surface area contributed by atoms with E-state index in [4.69, 9.17) is 9.47 Å². The van der Waals surface area contributed by atoms with E-state index in [1.165, 1.54) is 19.2 Å². The summed E-state index contributed by atoms with van der Waals surface area (Å²) in [6.45, 7) is 2.36. The summed E-state index contributed by atoms with van der Waals surface area (Å²) in [7, 11) is -2.32. The van der Waals surface area contributed by atoms with Crippen molar-refractivity contribution in [2.75, 3.05) is 18.4 Å². The molecule has 26 heavy (non-hydrogen) atoms. The van der Waals surface area contributed by atoms with E-state index < -0.39 is 10.0 Å². The van der Waals surface area contributed by atoms with E-state index in [1.807, 2.05) is 19.1 Å². The highest BCUT2D eigenvalue weighted by molar-refractivity contribution is 7.92. The molecule has 0 aliphatic carbocycles. The number of benzene rings is 2. The van der Waals surface area contributed by atoms with E-state index in [0.29, 0.717) is 23.4 Å². The van der Waals surface area contributed by atoms with Gasteiger partial charge >= 0.3 is 0 Å². The Bertz CT molecular complexity index is 1000. The molecule has 3 rings (SSSR count). The fourth-order valence-electron chi connectivity index (χ4n) is 2.29. The van der Waals surface area contributed by atoms with Gasteiger partial charge < -0.3 is 9.47 Å². The topological polar surface area (TPSA) is 90.4 Å². The Morgan fingerprint density at radius 1 is 1.00 bits per heavy atom. The second kappa shape index (κ2) is 7.57. The van der Waals surface area contributed by atoms with Crippen LogP contribution >= 0.6 is 0 Å². The van der Waals surface area contributed by atoms with Gasteiger partial charge in [-0.15, -0.1) is 0 Å². The van der Waals surface area contributed by atoms with Crippen LogP contribution in [0.5, 0.6) is 11.6 Å². The van der Waals surface area contributed by atoms with E-state index in [-0.39, 0.29) is 16.6 Å². The summed E-state index contributed by atoms with van der Waals surface area (Å²) in [5, 5.41) is 0. The first kappa shape index (κ1) is 17.9. The lowest BCUT2D eigenvalue weighted by molar-refractivity contribution is 0.307. The van der Waals surface area contributed by atoms with Crippen molar-refractivity contribution < 1.29 is 17.9 Å². The standard InChI is InChI=1S/C18H19N3O4S/c1-3-12-25-18-17(19-15-6-4-5-7-16(15)20-18)21-26(22,23)14-10-8-13(24-2)9-11-14/h4-11H,3,12H2,1-2H3,(H,19,21). The molecule has 0 fully saturated rings. The SMILES string of the molecule is CCCOc1nc2ccccc2nc1NS(=O)(=O)c1ccc(OC)cc1. The molecule has 1 aromatic heterocycles. The third kappa shape index (κ3) is 3.85. The van der Waals surface area contributed by atoms with Crippen molar-refractivity contribution in [2.45, 2.75) is 18.2 Å². The molecule has 0 atom stereocenters. The minimum Gasteiger partial charge on any atom is -0.497 e. The van der Waals surface area contributed by atoms with Crippen LogP contribution in [0.4, 0.5) is 5.82 Å². The van der Waals surface area contributed by atoms with Crippen LogP contribution in [-0.4, -0.2) is 32.1 Å². The van der Waals surface area contributed by atoms with Crippen molar-refractivity contribution in [3.63, 3.8) is 0 Å². The van der Waals surface area contributed by atoms with Gasteiger partial charge in [0.25, 0.3) is 15.9 Å². The highest BCUT2D eigenvalue weighted by Crippen LogP contribution is 2.26. The number of hydrogen-bond donors (Lipinski definition) is 1.